The van der Waals surface area contributed by atoms with Crippen LogP contribution in [0.4, 0.5) is 0 Å². The number of aliphatic hydroxyl groups is 2. The van der Waals surface area contributed by atoms with Gasteiger partial charge in [-0.25, -0.2) is 0 Å². The molecule has 3 aromatic rings. The predicted molar refractivity (Wildman–Crippen MR) is 150 cm³/mol. The predicted octanol–water partition coefficient (Wildman–Crippen LogP) is 4.17. The van der Waals surface area contributed by atoms with E-state index in [4.69, 9.17) is 14.0 Å². The maximum Gasteiger partial charge on any atom is 0.228 e. The molecule has 2 N–H and O–H groups in total. The summed E-state index contributed by atoms with van der Waals surface area (Å²) in [6, 6.07) is 16.0. The SMILES string of the molecule is CC[C@@]12CC(C)(O)[C@](O)(c3ccccc3)C[C@H]1CCc1cc(OCc3noc(CCN4CCOCC4)n3)ccc12. The molecule has 2 aliphatic carbocycles. The smallest absolute Gasteiger partial charge is 0.228 e. The van der Waals surface area contributed by atoms with Crippen LogP contribution in [0.25, 0.3) is 0 Å². The lowest BCUT2D eigenvalue weighted by atomic mass is 9.49. The Morgan fingerprint density at radius 1 is 1.10 bits per heavy atom. The zero-order chi connectivity index (χ0) is 27.8. The maximum absolute atomic E-state index is 11.9. The van der Waals surface area contributed by atoms with Gasteiger partial charge in [0.05, 0.1) is 18.8 Å². The van der Waals surface area contributed by atoms with Gasteiger partial charge in [0.1, 0.15) is 11.4 Å². The van der Waals surface area contributed by atoms with Crippen molar-refractivity contribution in [3.8, 4) is 5.75 Å². The van der Waals surface area contributed by atoms with E-state index in [1.54, 1.807) is 6.92 Å². The second-order valence-electron chi connectivity index (χ2n) is 12.0. The minimum absolute atomic E-state index is 0.195. The Labute approximate surface area is 236 Å². The van der Waals surface area contributed by atoms with Crippen LogP contribution in [0, 0.1) is 5.92 Å². The third-order valence-corrected chi connectivity index (χ3v) is 9.76. The van der Waals surface area contributed by atoms with E-state index in [0.29, 0.717) is 24.6 Å². The third kappa shape index (κ3) is 4.96. The zero-order valence-corrected chi connectivity index (χ0v) is 23.6. The minimum Gasteiger partial charge on any atom is -0.485 e. The number of rotatable bonds is 8. The van der Waals surface area contributed by atoms with Crippen molar-refractivity contribution in [1.29, 1.82) is 0 Å². The van der Waals surface area contributed by atoms with Crippen molar-refractivity contribution in [3.63, 3.8) is 0 Å². The number of aryl methyl sites for hydroxylation is 1. The molecule has 8 heteroatoms. The number of nitrogens with zero attached hydrogens (tertiary/aromatic N) is 3. The average Bonchev–Trinajstić information content (AvgIpc) is 3.44. The van der Waals surface area contributed by atoms with Crippen molar-refractivity contribution in [3.05, 3.63) is 76.9 Å². The van der Waals surface area contributed by atoms with Crippen LogP contribution < -0.4 is 4.74 Å². The summed E-state index contributed by atoms with van der Waals surface area (Å²) in [4.78, 5) is 6.86. The van der Waals surface area contributed by atoms with Gasteiger partial charge in [0.2, 0.25) is 11.7 Å². The summed E-state index contributed by atoms with van der Waals surface area (Å²) in [5.74, 6) is 2.23. The molecule has 8 nitrogen and oxygen atoms in total. The topological polar surface area (TPSA) is 101 Å². The van der Waals surface area contributed by atoms with Gasteiger partial charge in [0.15, 0.2) is 6.61 Å². The molecule has 1 aliphatic heterocycles. The lowest BCUT2D eigenvalue weighted by Crippen LogP contribution is -2.62. The second-order valence-corrected chi connectivity index (χ2v) is 12.0. The monoisotopic (exact) mass is 547 g/mol. The molecule has 2 fully saturated rings. The highest BCUT2D eigenvalue weighted by molar-refractivity contribution is 5.45. The highest BCUT2D eigenvalue weighted by Gasteiger charge is 2.60. The number of aromatic nitrogens is 2. The fraction of sp³-hybridized carbons (Fsp3) is 0.562. The summed E-state index contributed by atoms with van der Waals surface area (Å²) in [7, 11) is 0. The molecule has 0 spiro atoms. The van der Waals surface area contributed by atoms with Gasteiger partial charge in [-0.1, -0.05) is 48.5 Å². The molecular weight excluding hydrogens is 506 g/mol. The first-order valence-electron chi connectivity index (χ1n) is 14.7. The number of hydrogen-bond donors (Lipinski definition) is 2. The van der Waals surface area contributed by atoms with Crippen LogP contribution in [0.5, 0.6) is 5.75 Å². The van der Waals surface area contributed by atoms with Gasteiger partial charge in [-0.15, -0.1) is 0 Å². The van der Waals surface area contributed by atoms with Crippen LogP contribution in [0.1, 0.15) is 67.9 Å². The standard InChI is InChI=1S/C32H41N3O5/c1-3-31-22-30(2,36)32(37,24-7-5-4-6-8-24)20-25(31)10-9-23-19-26(11-12-27(23)31)39-21-28-33-29(40-34-28)13-14-35-15-17-38-18-16-35/h4-8,11-12,19,25,36-37H,3,9-10,13-18,20-22H2,1-2H3/t25-,30?,31-,32-/m1/s1. The summed E-state index contributed by atoms with van der Waals surface area (Å²) in [5, 5.41) is 27.8. The fourth-order valence-corrected chi connectivity index (χ4v) is 7.48. The van der Waals surface area contributed by atoms with Crippen molar-refractivity contribution in [2.24, 2.45) is 5.92 Å². The van der Waals surface area contributed by atoms with E-state index in [9.17, 15) is 10.2 Å². The fourth-order valence-electron chi connectivity index (χ4n) is 7.48. The van der Waals surface area contributed by atoms with Gasteiger partial charge < -0.3 is 24.2 Å². The Hall–Kier alpha value is -2.78. The van der Waals surface area contributed by atoms with Gasteiger partial charge >= 0.3 is 0 Å². The molecule has 6 rings (SSSR count). The molecule has 0 radical (unpaired) electrons. The number of ether oxygens (including phenoxy) is 2. The van der Waals surface area contributed by atoms with Gasteiger partial charge in [-0.3, -0.25) is 4.90 Å². The summed E-state index contributed by atoms with van der Waals surface area (Å²) < 4.78 is 17.0. The Morgan fingerprint density at radius 2 is 1.90 bits per heavy atom. The lowest BCUT2D eigenvalue weighted by Gasteiger charge is -2.59. The van der Waals surface area contributed by atoms with Gasteiger partial charge in [-0.2, -0.15) is 4.98 Å². The van der Waals surface area contributed by atoms with Crippen molar-refractivity contribution in [1.82, 2.24) is 15.0 Å². The van der Waals surface area contributed by atoms with Crippen molar-refractivity contribution in [2.75, 3.05) is 32.8 Å². The van der Waals surface area contributed by atoms with Crippen LogP contribution in [0.3, 0.4) is 0 Å². The molecular formula is C32H41N3O5. The minimum atomic E-state index is -1.27. The third-order valence-electron chi connectivity index (χ3n) is 9.76. The number of morpholine rings is 1. The van der Waals surface area contributed by atoms with Crippen molar-refractivity contribution in [2.45, 2.75) is 75.6 Å². The number of hydrogen-bond acceptors (Lipinski definition) is 8. The summed E-state index contributed by atoms with van der Waals surface area (Å²) >= 11 is 0. The van der Waals surface area contributed by atoms with E-state index in [1.165, 1.54) is 11.1 Å². The summed E-state index contributed by atoms with van der Waals surface area (Å²) in [6.07, 6.45) is 4.56. The van der Waals surface area contributed by atoms with Crippen LogP contribution in [-0.2, 0) is 35.2 Å². The van der Waals surface area contributed by atoms with Crippen LogP contribution >= 0.6 is 0 Å². The molecule has 1 unspecified atom stereocenters. The average molecular weight is 548 g/mol. The first kappa shape index (κ1) is 27.4. The second kappa shape index (κ2) is 10.9. The molecule has 1 saturated heterocycles. The molecule has 0 amide bonds. The molecule has 1 saturated carbocycles. The largest absolute Gasteiger partial charge is 0.485 e. The number of fused-ring (bicyclic) bond motifs is 3. The number of benzene rings is 2. The van der Waals surface area contributed by atoms with Crippen LogP contribution in [-0.4, -0.2) is 63.7 Å². The van der Waals surface area contributed by atoms with E-state index in [2.05, 4.69) is 34.1 Å². The zero-order valence-electron chi connectivity index (χ0n) is 23.6. The first-order valence-corrected chi connectivity index (χ1v) is 14.7. The van der Waals surface area contributed by atoms with Gasteiger partial charge in [0.25, 0.3) is 0 Å². The lowest BCUT2D eigenvalue weighted by molar-refractivity contribution is -0.205. The van der Waals surface area contributed by atoms with E-state index in [1.807, 2.05) is 36.4 Å². The van der Waals surface area contributed by atoms with E-state index in [0.717, 1.165) is 69.8 Å². The highest BCUT2D eigenvalue weighted by atomic mass is 16.5. The summed E-state index contributed by atoms with van der Waals surface area (Å²) in [6.45, 7) is 8.58. The van der Waals surface area contributed by atoms with Crippen LogP contribution in [0.2, 0.25) is 0 Å². The van der Waals surface area contributed by atoms with Crippen LogP contribution in [0.15, 0.2) is 53.1 Å². The normalized spacial score (nSPS) is 30.4. The van der Waals surface area contributed by atoms with Gasteiger partial charge in [-0.05, 0) is 73.8 Å². The van der Waals surface area contributed by atoms with Crippen molar-refractivity contribution >= 4 is 0 Å². The van der Waals surface area contributed by atoms with E-state index in [-0.39, 0.29) is 17.9 Å². The van der Waals surface area contributed by atoms with E-state index >= 15 is 0 Å². The molecule has 2 aromatic carbocycles. The molecule has 40 heavy (non-hydrogen) atoms. The Balaban J connectivity index is 1.15. The Kier molecular flexibility index (Phi) is 7.46. The highest BCUT2D eigenvalue weighted by Crippen LogP contribution is 2.60. The molecule has 0 bridgehead atoms. The molecule has 2 heterocycles. The summed E-state index contributed by atoms with van der Waals surface area (Å²) in [5.41, 5.74) is 0.603. The molecule has 4 atom stereocenters. The Bertz CT molecular complexity index is 1300. The molecule has 214 valence electrons. The van der Waals surface area contributed by atoms with Crippen molar-refractivity contribution < 1.29 is 24.2 Å². The first-order chi connectivity index (χ1) is 19.3. The quantitative estimate of drug-likeness (QED) is 0.434. The molecule has 3 aliphatic rings. The Morgan fingerprint density at radius 3 is 2.67 bits per heavy atom. The maximum atomic E-state index is 11.9. The van der Waals surface area contributed by atoms with E-state index < -0.39 is 11.2 Å². The molecule has 1 aromatic heterocycles. The van der Waals surface area contributed by atoms with Gasteiger partial charge in [0, 0.05) is 31.5 Å².